The van der Waals surface area contributed by atoms with Crippen LogP contribution in [0.1, 0.15) is 16.8 Å². The Balaban J connectivity index is 1.51. The van der Waals surface area contributed by atoms with Gasteiger partial charge in [0.05, 0.1) is 12.2 Å². The van der Waals surface area contributed by atoms with E-state index in [1.54, 1.807) is 0 Å². The molecule has 4 heteroatoms. The second kappa shape index (κ2) is 6.36. The average Bonchev–Trinajstić information content (AvgIpc) is 2.79. The number of benzene rings is 1. The zero-order valence-corrected chi connectivity index (χ0v) is 13.3. The quantitative estimate of drug-likeness (QED) is 0.768. The highest BCUT2D eigenvalue weighted by Gasteiger charge is 2.29. The summed E-state index contributed by atoms with van der Waals surface area (Å²) in [6, 6.07) is 8.19. The molecule has 1 aromatic carbocycles. The highest BCUT2D eigenvalue weighted by Crippen LogP contribution is 2.23. The van der Waals surface area contributed by atoms with E-state index in [0.29, 0.717) is 6.10 Å². The molecule has 1 aliphatic heterocycles. The summed E-state index contributed by atoms with van der Waals surface area (Å²) in [4.78, 5) is 2.39. The van der Waals surface area contributed by atoms with Crippen LogP contribution in [-0.4, -0.2) is 33.9 Å². The van der Waals surface area contributed by atoms with Crippen LogP contribution in [0.3, 0.4) is 0 Å². The van der Waals surface area contributed by atoms with E-state index < -0.39 is 0 Å². The van der Waals surface area contributed by atoms with E-state index in [1.807, 2.05) is 29.0 Å². The first-order valence-electron chi connectivity index (χ1n) is 7.74. The summed E-state index contributed by atoms with van der Waals surface area (Å²) in [5.41, 5.74) is 3.59. The molecule has 0 aliphatic carbocycles. The van der Waals surface area contributed by atoms with Crippen LogP contribution in [-0.2, 0) is 13.1 Å². The Hall–Kier alpha value is -2.07. The summed E-state index contributed by atoms with van der Waals surface area (Å²) in [5.74, 6) is 1.00. The second-order valence-electron chi connectivity index (χ2n) is 5.95. The molecule has 2 heterocycles. The van der Waals surface area contributed by atoms with Crippen molar-refractivity contribution in [3.8, 4) is 5.75 Å². The van der Waals surface area contributed by atoms with Crippen LogP contribution in [0.15, 0.2) is 43.1 Å². The number of aromatic nitrogens is 2. The van der Waals surface area contributed by atoms with Crippen molar-refractivity contribution in [1.29, 1.82) is 0 Å². The van der Waals surface area contributed by atoms with Crippen LogP contribution >= 0.6 is 0 Å². The Morgan fingerprint density at radius 2 is 2.09 bits per heavy atom. The number of likely N-dealkylation sites (tertiary alicyclic amines) is 1. The zero-order chi connectivity index (χ0) is 15.5. The molecule has 0 saturated carbocycles. The fourth-order valence-electron chi connectivity index (χ4n) is 2.78. The SMILES string of the molecule is C=CCn1cc(CN2CC(Oc3ccccc3C)C2)c(C)n1. The fourth-order valence-corrected chi connectivity index (χ4v) is 2.78. The van der Waals surface area contributed by atoms with Crippen LogP contribution in [0.5, 0.6) is 5.75 Å². The van der Waals surface area contributed by atoms with Crippen molar-refractivity contribution in [2.75, 3.05) is 13.1 Å². The predicted molar refractivity (Wildman–Crippen MR) is 88.0 cm³/mol. The topological polar surface area (TPSA) is 30.3 Å². The first kappa shape index (κ1) is 14.9. The second-order valence-corrected chi connectivity index (χ2v) is 5.95. The van der Waals surface area contributed by atoms with E-state index in [1.165, 1.54) is 11.1 Å². The molecule has 2 aromatic rings. The molecule has 22 heavy (non-hydrogen) atoms. The van der Waals surface area contributed by atoms with Gasteiger partial charge in [-0.2, -0.15) is 5.10 Å². The van der Waals surface area contributed by atoms with Crippen molar-refractivity contribution in [3.05, 3.63) is 59.9 Å². The minimum absolute atomic E-state index is 0.296. The summed E-state index contributed by atoms with van der Waals surface area (Å²) in [5, 5.41) is 4.50. The molecule has 1 fully saturated rings. The van der Waals surface area contributed by atoms with E-state index in [2.05, 4.69) is 42.7 Å². The van der Waals surface area contributed by atoms with E-state index in [9.17, 15) is 0 Å². The first-order valence-corrected chi connectivity index (χ1v) is 7.74. The van der Waals surface area contributed by atoms with Crippen molar-refractivity contribution in [3.63, 3.8) is 0 Å². The molecule has 0 radical (unpaired) electrons. The Morgan fingerprint density at radius 3 is 2.82 bits per heavy atom. The van der Waals surface area contributed by atoms with Crippen LogP contribution in [0.4, 0.5) is 0 Å². The lowest BCUT2D eigenvalue weighted by molar-refractivity contribution is 0.0140. The van der Waals surface area contributed by atoms with Gasteiger partial charge in [0, 0.05) is 31.4 Å². The van der Waals surface area contributed by atoms with Crippen LogP contribution in [0, 0.1) is 13.8 Å². The molecule has 1 saturated heterocycles. The Bertz CT molecular complexity index is 656. The lowest BCUT2D eigenvalue weighted by Gasteiger charge is -2.39. The summed E-state index contributed by atoms with van der Waals surface area (Å²) in [6.45, 7) is 11.6. The van der Waals surface area contributed by atoms with Crippen molar-refractivity contribution in [2.24, 2.45) is 0 Å². The van der Waals surface area contributed by atoms with Crippen molar-refractivity contribution < 1.29 is 4.74 Å². The lowest BCUT2D eigenvalue weighted by atomic mass is 10.1. The number of nitrogens with zero attached hydrogens (tertiary/aromatic N) is 3. The van der Waals surface area contributed by atoms with Crippen LogP contribution < -0.4 is 4.74 Å². The zero-order valence-electron chi connectivity index (χ0n) is 13.3. The standard InChI is InChI=1S/C18H23N3O/c1-4-9-21-11-16(15(3)19-21)10-20-12-17(13-20)22-18-8-6-5-7-14(18)2/h4-8,11,17H,1,9-10,12-13H2,2-3H3. The van der Waals surface area contributed by atoms with Crippen molar-refractivity contribution >= 4 is 0 Å². The van der Waals surface area contributed by atoms with Crippen LogP contribution in [0.25, 0.3) is 0 Å². The molecule has 0 bridgehead atoms. The normalized spacial score (nSPS) is 15.5. The maximum atomic E-state index is 6.05. The fraction of sp³-hybridized carbons (Fsp3) is 0.389. The van der Waals surface area contributed by atoms with Gasteiger partial charge < -0.3 is 4.74 Å². The van der Waals surface area contributed by atoms with Gasteiger partial charge in [0.1, 0.15) is 11.9 Å². The summed E-state index contributed by atoms with van der Waals surface area (Å²) < 4.78 is 7.99. The number of hydrogen-bond donors (Lipinski definition) is 0. The van der Waals surface area contributed by atoms with Gasteiger partial charge in [-0.25, -0.2) is 0 Å². The van der Waals surface area contributed by atoms with E-state index in [4.69, 9.17) is 4.74 Å². The van der Waals surface area contributed by atoms with Crippen LogP contribution in [0.2, 0.25) is 0 Å². The lowest BCUT2D eigenvalue weighted by Crippen LogP contribution is -2.53. The van der Waals surface area contributed by atoms with Gasteiger partial charge >= 0.3 is 0 Å². The number of para-hydroxylation sites is 1. The van der Waals surface area contributed by atoms with Gasteiger partial charge in [-0.1, -0.05) is 24.3 Å². The number of allylic oxidation sites excluding steroid dienone is 1. The molecule has 3 rings (SSSR count). The Morgan fingerprint density at radius 1 is 1.32 bits per heavy atom. The molecule has 0 atom stereocenters. The number of ether oxygens (including phenoxy) is 1. The molecule has 1 aromatic heterocycles. The van der Waals surface area contributed by atoms with Gasteiger partial charge in [0.25, 0.3) is 0 Å². The molecule has 0 unspecified atom stereocenters. The monoisotopic (exact) mass is 297 g/mol. The molecule has 0 N–H and O–H groups in total. The van der Waals surface area contributed by atoms with Gasteiger partial charge in [-0.3, -0.25) is 9.58 Å². The number of aryl methyl sites for hydroxylation is 2. The molecule has 0 amide bonds. The Labute approximate surface area is 132 Å². The number of rotatable bonds is 6. The summed E-state index contributed by atoms with van der Waals surface area (Å²) >= 11 is 0. The third kappa shape index (κ3) is 3.22. The van der Waals surface area contributed by atoms with Gasteiger partial charge in [-0.15, -0.1) is 6.58 Å². The average molecular weight is 297 g/mol. The molecule has 4 nitrogen and oxygen atoms in total. The smallest absolute Gasteiger partial charge is 0.124 e. The highest BCUT2D eigenvalue weighted by atomic mass is 16.5. The highest BCUT2D eigenvalue weighted by molar-refractivity contribution is 5.32. The van der Waals surface area contributed by atoms with Gasteiger partial charge in [-0.05, 0) is 25.5 Å². The minimum Gasteiger partial charge on any atom is -0.487 e. The third-order valence-electron chi connectivity index (χ3n) is 4.07. The predicted octanol–water partition coefficient (Wildman–Crippen LogP) is 2.95. The maximum absolute atomic E-state index is 6.05. The van der Waals surface area contributed by atoms with Gasteiger partial charge in [0.15, 0.2) is 0 Å². The summed E-state index contributed by atoms with van der Waals surface area (Å²) in [7, 11) is 0. The van der Waals surface area contributed by atoms with E-state index >= 15 is 0 Å². The van der Waals surface area contributed by atoms with Crippen molar-refractivity contribution in [1.82, 2.24) is 14.7 Å². The first-order chi connectivity index (χ1) is 10.7. The molecule has 116 valence electrons. The Kier molecular flexibility index (Phi) is 4.29. The van der Waals surface area contributed by atoms with Gasteiger partial charge in [0.2, 0.25) is 0 Å². The summed E-state index contributed by atoms with van der Waals surface area (Å²) in [6.07, 6.45) is 4.28. The van der Waals surface area contributed by atoms with E-state index in [-0.39, 0.29) is 0 Å². The largest absolute Gasteiger partial charge is 0.487 e. The molecule has 1 aliphatic rings. The minimum atomic E-state index is 0.296. The van der Waals surface area contributed by atoms with E-state index in [0.717, 1.165) is 37.6 Å². The van der Waals surface area contributed by atoms with Crippen molar-refractivity contribution in [2.45, 2.75) is 33.0 Å². The third-order valence-corrected chi connectivity index (χ3v) is 4.07. The molecular formula is C18H23N3O. The molecular weight excluding hydrogens is 274 g/mol. The maximum Gasteiger partial charge on any atom is 0.124 e. The number of hydrogen-bond acceptors (Lipinski definition) is 3. The molecule has 0 spiro atoms.